The number of carboxylic acid groups (broad SMARTS) is 1. The van der Waals surface area contributed by atoms with Gasteiger partial charge in [0.25, 0.3) is 0 Å². The minimum absolute atomic E-state index is 0.0476. The fourth-order valence-corrected chi connectivity index (χ4v) is 3.19. The Morgan fingerprint density at radius 2 is 2.10 bits per heavy atom. The van der Waals surface area contributed by atoms with Gasteiger partial charge in [0, 0.05) is 0 Å². The van der Waals surface area contributed by atoms with Crippen molar-refractivity contribution in [3.8, 4) is 6.07 Å². The Bertz CT molecular complexity index is 677. The molecule has 2 unspecified atom stereocenters. The summed E-state index contributed by atoms with van der Waals surface area (Å²) in [5.41, 5.74) is 0.904. The van der Waals surface area contributed by atoms with Crippen LogP contribution in [0.5, 0.6) is 0 Å². The van der Waals surface area contributed by atoms with E-state index in [0.717, 1.165) is 0 Å². The number of carbonyl (C=O) groups is 1. The largest absolute Gasteiger partial charge is 0.480 e. The Morgan fingerprint density at radius 1 is 1.48 bits per heavy atom. The number of aryl methyl sites for hydroxylation is 1. The lowest BCUT2D eigenvalue weighted by molar-refractivity contribution is -0.140. The van der Waals surface area contributed by atoms with Crippen LogP contribution in [0, 0.1) is 24.2 Å². The maximum atomic E-state index is 12.3. The SMILES string of the molecule is CCC(C)C(NS(=O)(=O)c1ccc(C#N)c(C)c1)C(=O)O. The fraction of sp³-hybridized carbons (Fsp3) is 0.429. The van der Waals surface area contributed by atoms with Gasteiger partial charge < -0.3 is 5.11 Å². The molecule has 0 amide bonds. The summed E-state index contributed by atoms with van der Waals surface area (Å²) in [5.74, 6) is -1.55. The zero-order valence-corrected chi connectivity index (χ0v) is 12.9. The maximum Gasteiger partial charge on any atom is 0.322 e. The molecule has 2 atom stereocenters. The van der Waals surface area contributed by atoms with Crippen molar-refractivity contribution < 1.29 is 18.3 Å². The van der Waals surface area contributed by atoms with Crippen molar-refractivity contribution in [2.45, 2.75) is 38.1 Å². The second-order valence-corrected chi connectivity index (χ2v) is 6.63. The summed E-state index contributed by atoms with van der Waals surface area (Å²) < 4.78 is 26.7. The van der Waals surface area contributed by atoms with Crippen molar-refractivity contribution in [1.29, 1.82) is 5.26 Å². The highest BCUT2D eigenvalue weighted by atomic mass is 32.2. The van der Waals surface area contributed by atoms with Crippen LogP contribution in [0.4, 0.5) is 0 Å². The van der Waals surface area contributed by atoms with Crippen LogP contribution >= 0.6 is 0 Å². The van der Waals surface area contributed by atoms with Crippen LogP contribution in [0.1, 0.15) is 31.4 Å². The predicted octanol–water partition coefficient (Wildman–Crippen LogP) is 1.64. The summed E-state index contributed by atoms with van der Waals surface area (Å²) in [5, 5.41) is 18.0. The molecule has 21 heavy (non-hydrogen) atoms. The van der Waals surface area contributed by atoms with Crippen LogP contribution in [-0.4, -0.2) is 25.5 Å². The number of nitrogens with one attached hydrogen (secondary N) is 1. The Labute approximate surface area is 124 Å². The summed E-state index contributed by atoms with van der Waals surface area (Å²) in [7, 11) is -3.95. The number of aliphatic carboxylic acids is 1. The number of hydrogen-bond acceptors (Lipinski definition) is 4. The number of sulfonamides is 1. The number of hydrogen-bond donors (Lipinski definition) is 2. The highest BCUT2D eigenvalue weighted by molar-refractivity contribution is 7.89. The van der Waals surface area contributed by atoms with Crippen LogP contribution in [0.15, 0.2) is 23.1 Å². The molecule has 1 aromatic carbocycles. The molecular weight excluding hydrogens is 292 g/mol. The van der Waals surface area contributed by atoms with Crippen molar-refractivity contribution >= 4 is 16.0 Å². The normalized spacial score (nSPS) is 14.2. The molecule has 0 aromatic heterocycles. The highest BCUT2D eigenvalue weighted by Gasteiger charge is 2.29. The standard InChI is InChI=1S/C14H18N2O4S/c1-4-9(2)13(14(17)18)16-21(19,20)12-6-5-11(8-15)10(3)7-12/h5-7,9,13,16H,4H2,1-3H3,(H,17,18). The van der Waals surface area contributed by atoms with Gasteiger partial charge in [-0.25, -0.2) is 8.42 Å². The van der Waals surface area contributed by atoms with Crippen molar-refractivity contribution in [3.63, 3.8) is 0 Å². The van der Waals surface area contributed by atoms with E-state index in [2.05, 4.69) is 4.72 Å². The van der Waals surface area contributed by atoms with E-state index in [9.17, 15) is 13.2 Å². The highest BCUT2D eigenvalue weighted by Crippen LogP contribution is 2.17. The third-order valence-corrected chi connectivity index (χ3v) is 4.83. The van der Waals surface area contributed by atoms with E-state index in [0.29, 0.717) is 17.5 Å². The predicted molar refractivity (Wildman–Crippen MR) is 77.1 cm³/mol. The number of carboxylic acids is 1. The quantitative estimate of drug-likeness (QED) is 0.830. The van der Waals surface area contributed by atoms with E-state index in [4.69, 9.17) is 10.4 Å². The van der Waals surface area contributed by atoms with Gasteiger partial charge in [-0.05, 0) is 36.6 Å². The lowest BCUT2D eigenvalue weighted by Crippen LogP contribution is -2.44. The molecule has 0 aliphatic heterocycles. The minimum atomic E-state index is -3.95. The monoisotopic (exact) mass is 310 g/mol. The average molecular weight is 310 g/mol. The lowest BCUT2D eigenvalue weighted by Gasteiger charge is -2.20. The number of nitrogens with zero attached hydrogens (tertiary/aromatic N) is 1. The van der Waals surface area contributed by atoms with Gasteiger partial charge in [0.05, 0.1) is 16.5 Å². The van der Waals surface area contributed by atoms with E-state index in [1.165, 1.54) is 18.2 Å². The first-order valence-corrected chi connectivity index (χ1v) is 7.97. The summed E-state index contributed by atoms with van der Waals surface area (Å²) in [6.45, 7) is 5.09. The van der Waals surface area contributed by atoms with Crippen molar-refractivity contribution in [1.82, 2.24) is 4.72 Å². The van der Waals surface area contributed by atoms with Gasteiger partial charge in [-0.2, -0.15) is 9.98 Å². The van der Waals surface area contributed by atoms with Crippen molar-refractivity contribution in [3.05, 3.63) is 29.3 Å². The summed E-state index contributed by atoms with van der Waals surface area (Å²) in [6.07, 6.45) is 0.534. The van der Waals surface area contributed by atoms with E-state index in [1.807, 2.05) is 6.07 Å². The average Bonchev–Trinajstić information content (AvgIpc) is 2.43. The molecule has 1 aromatic rings. The van der Waals surface area contributed by atoms with E-state index < -0.39 is 22.0 Å². The van der Waals surface area contributed by atoms with E-state index in [-0.39, 0.29) is 10.8 Å². The molecule has 114 valence electrons. The van der Waals surface area contributed by atoms with Gasteiger partial charge in [0.15, 0.2) is 0 Å². The first-order chi connectivity index (χ1) is 9.72. The molecule has 0 aliphatic carbocycles. The first-order valence-electron chi connectivity index (χ1n) is 6.48. The van der Waals surface area contributed by atoms with Crippen LogP contribution in [0.3, 0.4) is 0 Å². The van der Waals surface area contributed by atoms with Gasteiger partial charge >= 0.3 is 5.97 Å². The van der Waals surface area contributed by atoms with E-state index >= 15 is 0 Å². The first kappa shape index (κ1) is 17.1. The molecular formula is C14H18N2O4S. The van der Waals surface area contributed by atoms with Gasteiger partial charge in [-0.3, -0.25) is 4.79 Å². The van der Waals surface area contributed by atoms with Crippen molar-refractivity contribution in [2.75, 3.05) is 0 Å². The molecule has 0 aliphatic rings. The fourth-order valence-electron chi connectivity index (χ4n) is 1.81. The van der Waals surface area contributed by atoms with Crippen LogP contribution in [0.25, 0.3) is 0 Å². The Hall–Kier alpha value is -1.91. The Balaban J connectivity index is 3.14. The third-order valence-electron chi connectivity index (χ3n) is 3.39. The lowest BCUT2D eigenvalue weighted by atomic mass is 10.0. The van der Waals surface area contributed by atoms with Crippen molar-refractivity contribution in [2.24, 2.45) is 5.92 Å². The van der Waals surface area contributed by atoms with Gasteiger partial charge in [-0.1, -0.05) is 20.3 Å². The summed E-state index contributed by atoms with van der Waals surface area (Å²) in [6, 6.07) is 4.82. The maximum absolute atomic E-state index is 12.3. The molecule has 6 nitrogen and oxygen atoms in total. The number of nitriles is 1. The molecule has 0 heterocycles. The second-order valence-electron chi connectivity index (χ2n) is 4.91. The van der Waals surface area contributed by atoms with Crippen LogP contribution < -0.4 is 4.72 Å². The second kappa shape index (κ2) is 6.70. The van der Waals surface area contributed by atoms with E-state index in [1.54, 1.807) is 20.8 Å². The number of rotatable bonds is 6. The third kappa shape index (κ3) is 4.03. The Kier molecular flexibility index (Phi) is 5.47. The van der Waals surface area contributed by atoms with Gasteiger partial charge in [0.2, 0.25) is 10.0 Å². The molecule has 0 spiro atoms. The number of benzene rings is 1. The zero-order chi connectivity index (χ0) is 16.2. The van der Waals surface area contributed by atoms with Crippen LogP contribution in [0.2, 0.25) is 0 Å². The Morgan fingerprint density at radius 3 is 2.52 bits per heavy atom. The minimum Gasteiger partial charge on any atom is -0.480 e. The zero-order valence-electron chi connectivity index (χ0n) is 12.1. The summed E-state index contributed by atoms with van der Waals surface area (Å²) >= 11 is 0. The van der Waals surface area contributed by atoms with Gasteiger partial charge in [0.1, 0.15) is 6.04 Å². The molecule has 7 heteroatoms. The molecule has 2 N–H and O–H groups in total. The molecule has 0 radical (unpaired) electrons. The van der Waals surface area contributed by atoms with Crippen LogP contribution in [-0.2, 0) is 14.8 Å². The van der Waals surface area contributed by atoms with Gasteiger partial charge in [-0.15, -0.1) is 0 Å². The summed E-state index contributed by atoms with van der Waals surface area (Å²) in [4.78, 5) is 11.2. The molecule has 0 saturated heterocycles. The topological polar surface area (TPSA) is 107 Å². The smallest absolute Gasteiger partial charge is 0.322 e. The molecule has 0 fully saturated rings. The molecule has 1 rings (SSSR count). The molecule has 0 saturated carbocycles. The molecule has 0 bridgehead atoms.